The number of sulfonamides is 1. The van der Waals surface area contributed by atoms with Gasteiger partial charge in [0, 0.05) is 25.7 Å². The lowest BCUT2D eigenvalue weighted by atomic mass is 10.2. The third-order valence-electron chi connectivity index (χ3n) is 4.12. The van der Waals surface area contributed by atoms with Crippen LogP contribution in [-0.2, 0) is 14.8 Å². The number of rotatable bonds is 3. The van der Waals surface area contributed by atoms with Gasteiger partial charge in [0.05, 0.1) is 11.4 Å². The first kappa shape index (κ1) is 15.1. The lowest BCUT2D eigenvalue weighted by Crippen LogP contribution is -2.25. The Hall–Kier alpha value is -1.82. The third kappa shape index (κ3) is 3.16. The van der Waals surface area contributed by atoms with E-state index in [2.05, 4.69) is 0 Å². The molecular formula is C16H20N2O3S. The fourth-order valence-corrected chi connectivity index (χ4v) is 4.46. The van der Waals surface area contributed by atoms with Gasteiger partial charge in [-0.15, -0.1) is 0 Å². The van der Waals surface area contributed by atoms with E-state index < -0.39 is 10.0 Å². The van der Waals surface area contributed by atoms with Crippen molar-refractivity contribution in [3.8, 4) is 0 Å². The smallest absolute Gasteiger partial charge is 0.246 e. The molecule has 1 amide bonds. The van der Waals surface area contributed by atoms with Gasteiger partial charge >= 0.3 is 0 Å². The van der Waals surface area contributed by atoms with Crippen molar-refractivity contribution in [3.63, 3.8) is 0 Å². The zero-order valence-electron chi connectivity index (χ0n) is 12.4. The summed E-state index contributed by atoms with van der Waals surface area (Å²) in [7, 11) is -3.14. The summed E-state index contributed by atoms with van der Waals surface area (Å²) < 4.78 is 25.2. The molecule has 0 N–H and O–H groups in total. The SMILES string of the molecule is O=C(/C=C/c1ccc(N2CCCS2(=O)=O)cc1)N1CCCC1. The van der Waals surface area contributed by atoms with E-state index in [0.29, 0.717) is 18.7 Å². The van der Waals surface area contributed by atoms with E-state index >= 15 is 0 Å². The van der Waals surface area contributed by atoms with Crippen LogP contribution in [0.25, 0.3) is 6.08 Å². The Balaban J connectivity index is 1.68. The number of benzene rings is 1. The fraction of sp³-hybridized carbons (Fsp3) is 0.438. The molecule has 0 aromatic heterocycles. The number of carbonyl (C=O) groups is 1. The van der Waals surface area contributed by atoms with Crippen LogP contribution in [0, 0.1) is 0 Å². The molecule has 2 saturated heterocycles. The summed E-state index contributed by atoms with van der Waals surface area (Å²) in [6, 6.07) is 7.28. The van der Waals surface area contributed by atoms with Crippen LogP contribution in [0.4, 0.5) is 5.69 Å². The Morgan fingerprint density at radius 2 is 1.68 bits per heavy atom. The molecule has 22 heavy (non-hydrogen) atoms. The van der Waals surface area contributed by atoms with Crippen molar-refractivity contribution >= 4 is 27.7 Å². The van der Waals surface area contributed by atoms with Gasteiger partial charge in [-0.25, -0.2) is 8.42 Å². The standard InChI is InChI=1S/C16H20N2O3S/c19-16(17-10-1-2-11-17)9-6-14-4-7-15(8-5-14)18-12-3-13-22(18,20)21/h4-9H,1-3,10-13H2/b9-6+. The predicted molar refractivity (Wildman–Crippen MR) is 87.0 cm³/mol. The first-order valence-corrected chi connectivity index (χ1v) is 9.25. The van der Waals surface area contributed by atoms with Crippen LogP contribution in [0.3, 0.4) is 0 Å². The van der Waals surface area contributed by atoms with E-state index in [4.69, 9.17) is 0 Å². The van der Waals surface area contributed by atoms with Gasteiger partial charge in [0.15, 0.2) is 0 Å². The van der Waals surface area contributed by atoms with Gasteiger partial charge in [-0.05, 0) is 43.0 Å². The molecule has 1 aromatic carbocycles. The average Bonchev–Trinajstić information content (AvgIpc) is 3.14. The summed E-state index contributed by atoms with van der Waals surface area (Å²) >= 11 is 0. The molecule has 3 rings (SSSR count). The summed E-state index contributed by atoms with van der Waals surface area (Å²) in [5, 5.41) is 0. The molecule has 118 valence electrons. The van der Waals surface area contributed by atoms with Gasteiger partial charge in [-0.3, -0.25) is 9.10 Å². The topological polar surface area (TPSA) is 57.7 Å². The number of amides is 1. The monoisotopic (exact) mass is 320 g/mol. The van der Waals surface area contributed by atoms with E-state index in [0.717, 1.165) is 31.5 Å². The minimum atomic E-state index is -3.14. The van der Waals surface area contributed by atoms with Crippen LogP contribution in [0.5, 0.6) is 0 Å². The van der Waals surface area contributed by atoms with E-state index in [1.165, 1.54) is 4.31 Å². The molecule has 0 aliphatic carbocycles. The second kappa shape index (κ2) is 6.12. The zero-order chi connectivity index (χ0) is 15.6. The number of carbonyl (C=O) groups excluding carboxylic acids is 1. The minimum Gasteiger partial charge on any atom is -0.339 e. The summed E-state index contributed by atoms with van der Waals surface area (Å²) in [6.45, 7) is 2.23. The van der Waals surface area contributed by atoms with Crippen LogP contribution in [0.1, 0.15) is 24.8 Å². The highest BCUT2D eigenvalue weighted by atomic mass is 32.2. The van der Waals surface area contributed by atoms with Crippen LogP contribution >= 0.6 is 0 Å². The number of anilines is 1. The van der Waals surface area contributed by atoms with Gasteiger partial charge < -0.3 is 4.90 Å². The Kier molecular flexibility index (Phi) is 4.20. The Labute approximate surface area is 131 Å². The maximum atomic E-state index is 11.9. The molecule has 2 heterocycles. The molecule has 1 aromatic rings. The minimum absolute atomic E-state index is 0.0451. The number of nitrogens with zero attached hydrogens (tertiary/aromatic N) is 2. The van der Waals surface area contributed by atoms with Gasteiger partial charge in [0.25, 0.3) is 0 Å². The number of hydrogen-bond donors (Lipinski definition) is 0. The van der Waals surface area contributed by atoms with E-state index in [9.17, 15) is 13.2 Å². The zero-order valence-corrected chi connectivity index (χ0v) is 13.3. The molecule has 5 nitrogen and oxygen atoms in total. The summed E-state index contributed by atoms with van der Waals surface area (Å²) in [6.07, 6.45) is 6.21. The molecule has 0 bridgehead atoms. The molecular weight excluding hydrogens is 300 g/mol. The second-order valence-corrected chi connectivity index (χ2v) is 7.71. The van der Waals surface area contributed by atoms with Crippen molar-refractivity contribution in [1.29, 1.82) is 0 Å². The molecule has 2 aliphatic rings. The van der Waals surface area contributed by atoms with Crippen molar-refractivity contribution < 1.29 is 13.2 Å². The highest BCUT2D eigenvalue weighted by Crippen LogP contribution is 2.24. The summed E-state index contributed by atoms with van der Waals surface area (Å²) in [5.41, 5.74) is 1.59. The summed E-state index contributed by atoms with van der Waals surface area (Å²) in [5.74, 6) is 0.266. The van der Waals surface area contributed by atoms with E-state index in [1.54, 1.807) is 24.3 Å². The molecule has 2 aliphatic heterocycles. The normalized spacial score (nSPS) is 20.9. The largest absolute Gasteiger partial charge is 0.339 e. The molecule has 2 fully saturated rings. The maximum Gasteiger partial charge on any atom is 0.246 e. The number of likely N-dealkylation sites (tertiary alicyclic amines) is 1. The quantitative estimate of drug-likeness (QED) is 0.799. The van der Waals surface area contributed by atoms with Crippen molar-refractivity contribution in [2.45, 2.75) is 19.3 Å². The lowest BCUT2D eigenvalue weighted by molar-refractivity contribution is -0.124. The second-order valence-electron chi connectivity index (χ2n) is 5.70. The van der Waals surface area contributed by atoms with Crippen molar-refractivity contribution in [2.24, 2.45) is 0 Å². The highest BCUT2D eigenvalue weighted by molar-refractivity contribution is 7.93. The van der Waals surface area contributed by atoms with Gasteiger partial charge in [0.2, 0.25) is 15.9 Å². The van der Waals surface area contributed by atoms with Crippen molar-refractivity contribution in [1.82, 2.24) is 4.90 Å². The van der Waals surface area contributed by atoms with Crippen LogP contribution < -0.4 is 4.31 Å². The Bertz CT molecular complexity index is 674. The van der Waals surface area contributed by atoms with Gasteiger partial charge in [-0.2, -0.15) is 0 Å². The third-order valence-corrected chi connectivity index (χ3v) is 5.99. The van der Waals surface area contributed by atoms with Crippen LogP contribution in [-0.4, -0.2) is 44.6 Å². The van der Waals surface area contributed by atoms with Gasteiger partial charge in [-0.1, -0.05) is 12.1 Å². The van der Waals surface area contributed by atoms with Gasteiger partial charge in [0.1, 0.15) is 0 Å². The lowest BCUT2D eigenvalue weighted by Gasteiger charge is -2.16. The molecule has 0 radical (unpaired) electrons. The predicted octanol–water partition coefficient (Wildman–Crippen LogP) is 1.86. The van der Waals surface area contributed by atoms with E-state index in [1.807, 2.05) is 17.0 Å². The van der Waals surface area contributed by atoms with Crippen molar-refractivity contribution in [2.75, 3.05) is 29.7 Å². The van der Waals surface area contributed by atoms with Crippen LogP contribution in [0.2, 0.25) is 0 Å². The molecule has 0 saturated carbocycles. The Morgan fingerprint density at radius 3 is 2.27 bits per heavy atom. The highest BCUT2D eigenvalue weighted by Gasteiger charge is 2.28. The molecule has 0 atom stereocenters. The fourth-order valence-electron chi connectivity index (χ4n) is 2.89. The Morgan fingerprint density at radius 1 is 1.00 bits per heavy atom. The average molecular weight is 320 g/mol. The molecule has 0 spiro atoms. The number of hydrogen-bond acceptors (Lipinski definition) is 3. The molecule has 6 heteroatoms. The first-order valence-electron chi connectivity index (χ1n) is 7.64. The van der Waals surface area contributed by atoms with E-state index in [-0.39, 0.29) is 11.7 Å². The molecule has 0 unspecified atom stereocenters. The first-order chi connectivity index (χ1) is 10.6. The van der Waals surface area contributed by atoms with Crippen LogP contribution in [0.15, 0.2) is 30.3 Å². The maximum absolute atomic E-state index is 11.9. The van der Waals surface area contributed by atoms with Crippen molar-refractivity contribution in [3.05, 3.63) is 35.9 Å². The summed E-state index contributed by atoms with van der Waals surface area (Å²) in [4.78, 5) is 13.8.